The van der Waals surface area contributed by atoms with Gasteiger partial charge < -0.3 is 10.1 Å². The number of ether oxygens (including phenoxy) is 1. The predicted octanol–water partition coefficient (Wildman–Crippen LogP) is 3.53. The number of hydrogen-bond donors (Lipinski definition) is 2. The fourth-order valence-electron chi connectivity index (χ4n) is 3.22. The van der Waals surface area contributed by atoms with Crippen molar-refractivity contribution in [3.63, 3.8) is 0 Å². The van der Waals surface area contributed by atoms with Crippen LogP contribution >= 0.6 is 0 Å². The molecule has 1 saturated carbocycles. The summed E-state index contributed by atoms with van der Waals surface area (Å²) in [5.74, 6) is 2.08. The van der Waals surface area contributed by atoms with Crippen LogP contribution in [0, 0.1) is 0 Å². The van der Waals surface area contributed by atoms with Crippen LogP contribution in [0.25, 0.3) is 0 Å². The number of hydrogen-bond acceptors (Lipinski definition) is 3. The monoisotopic (exact) mass is 325 g/mol. The van der Waals surface area contributed by atoms with E-state index in [9.17, 15) is 4.79 Å². The van der Waals surface area contributed by atoms with E-state index in [4.69, 9.17) is 4.74 Å². The summed E-state index contributed by atoms with van der Waals surface area (Å²) in [5, 5.41) is 10.2. The van der Waals surface area contributed by atoms with Crippen LogP contribution < -0.4 is 10.1 Å². The van der Waals surface area contributed by atoms with E-state index in [0.717, 1.165) is 23.4 Å². The number of carbonyl (C=O) groups excluding carboxylic acids is 1. The maximum Gasteiger partial charge on any atom is 0.235 e. The summed E-state index contributed by atoms with van der Waals surface area (Å²) in [6, 6.07) is 8.00. The molecule has 0 spiro atoms. The predicted molar refractivity (Wildman–Crippen MR) is 92.5 cm³/mol. The van der Waals surface area contributed by atoms with E-state index in [-0.39, 0.29) is 12.0 Å². The standard InChI is InChI=1S/C19H23N3O2/c1-11-8-13-9-14(6-7-16(13)24-11)19(2,3)18(23)20-17-10-15(21-22-17)12-4-5-12/h6-7,9-12H,4-5,8H2,1-3H3,(H2,20,21,22,23). The first-order valence-electron chi connectivity index (χ1n) is 8.60. The number of aromatic nitrogens is 2. The number of benzene rings is 1. The topological polar surface area (TPSA) is 67.0 Å². The molecule has 4 rings (SSSR count). The lowest BCUT2D eigenvalue weighted by molar-refractivity contribution is -0.120. The molecule has 24 heavy (non-hydrogen) atoms. The van der Waals surface area contributed by atoms with E-state index in [1.165, 1.54) is 18.4 Å². The normalized spacial score (nSPS) is 19.7. The van der Waals surface area contributed by atoms with Gasteiger partial charge in [-0.2, -0.15) is 5.10 Å². The number of amides is 1. The molecule has 1 aromatic heterocycles. The molecule has 0 radical (unpaired) electrons. The van der Waals surface area contributed by atoms with Gasteiger partial charge in [0, 0.05) is 24.1 Å². The average molecular weight is 325 g/mol. The summed E-state index contributed by atoms with van der Waals surface area (Å²) < 4.78 is 5.75. The Morgan fingerprint density at radius 2 is 2.12 bits per heavy atom. The molecule has 5 nitrogen and oxygen atoms in total. The third kappa shape index (κ3) is 2.68. The lowest BCUT2D eigenvalue weighted by Crippen LogP contribution is -2.34. The zero-order chi connectivity index (χ0) is 16.9. The number of nitrogens with one attached hydrogen (secondary N) is 2. The Kier molecular flexibility index (Phi) is 3.41. The van der Waals surface area contributed by atoms with Crippen LogP contribution in [0.1, 0.15) is 56.4 Å². The van der Waals surface area contributed by atoms with E-state index in [2.05, 4.69) is 28.5 Å². The first-order chi connectivity index (χ1) is 11.4. The molecule has 1 atom stereocenters. The van der Waals surface area contributed by atoms with Crippen LogP contribution in [0.5, 0.6) is 5.75 Å². The largest absolute Gasteiger partial charge is 0.490 e. The average Bonchev–Trinajstić information content (AvgIpc) is 3.16. The maximum atomic E-state index is 12.8. The number of nitrogens with zero attached hydrogens (tertiary/aromatic N) is 1. The van der Waals surface area contributed by atoms with Crippen molar-refractivity contribution in [1.82, 2.24) is 10.2 Å². The molecule has 1 fully saturated rings. The van der Waals surface area contributed by atoms with E-state index < -0.39 is 5.41 Å². The smallest absolute Gasteiger partial charge is 0.235 e. The quantitative estimate of drug-likeness (QED) is 0.903. The second-order valence-electron chi connectivity index (χ2n) is 7.52. The van der Waals surface area contributed by atoms with Crippen LogP contribution in [-0.4, -0.2) is 22.2 Å². The Balaban J connectivity index is 1.52. The van der Waals surface area contributed by atoms with Crippen LogP contribution in [0.2, 0.25) is 0 Å². The van der Waals surface area contributed by atoms with Gasteiger partial charge in [0.05, 0.1) is 5.41 Å². The fraction of sp³-hybridized carbons (Fsp3) is 0.474. The van der Waals surface area contributed by atoms with E-state index in [0.29, 0.717) is 11.7 Å². The molecule has 5 heteroatoms. The number of anilines is 1. The lowest BCUT2D eigenvalue weighted by atomic mass is 9.82. The van der Waals surface area contributed by atoms with Gasteiger partial charge in [0.2, 0.25) is 5.91 Å². The second-order valence-corrected chi connectivity index (χ2v) is 7.52. The van der Waals surface area contributed by atoms with Gasteiger partial charge in [-0.25, -0.2) is 0 Å². The lowest BCUT2D eigenvalue weighted by Gasteiger charge is -2.24. The number of rotatable bonds is 4. The van der Waals surface area contributed by atoms with Gasteiger partial charge in [0.1, 0.15) is 11.9 Å². The van der Waals surface area contributed by atoms with Crippen molar-refractivity contribution in [3.8, 4) is 5.75 Å². The van der Waals surface area contributed by atoms with Gasteiger partial charge in [-0.3, -0.25) is 9.89 Å². The minimum Gasteiger partial charge on any atom is -0.490 e. The molecule has 126 valence electrons. The summed E-state index contributed by atoms with van der Waals surface area (Å²) in [4.78, 5) is 12.8. The van der Waals surface area contributed by atoms with E-state index >= 15 is 0 Å². The molecule has 1 amide bonds. The van der Waals surface area contributed by atoms with Crippen molar-refractivity contribution in [2.24, 2.45) is 0 Å². The summed E-state index contributed by atoms with van der Waals surface area (Å²) in [7, 11) is 0. The first-order valence-corrected chi connectivity index (χ1v) is 8.60. The highest BCUT2D eigenvalue weighted by Crippen LogP contribution is 2.39. The van der Waals surface area contributed by atoms with Crippen LogP contribution in [0.4, 0.5) is 5.82 Å². The third-order valence-corrected chi connectivity index (χ3v) is 5.04. The van der Waals surface area contributed by atoms with Crippen molar-refractivity contribution in [2.75, 3.05) is 5.32 Å². The van der Waals surface area contributed by atoms with E-state index in [1.54, 1.807) is 0 Å². The van der Waals surface area contributed by atoms with Gasteiger partial charge in [-0.1, -0.05) is 12.1 Å². The van der Waals surface area contributed by atoms with Crippen molar-refractivity contribution >= 4 is 11.7 Å². The first kappa shape index (κ1) is 15.2. The Morgan fingerprint density at radius 3 is 2.88 bits per heavy atom. The summed E-state index contributed by atoms with van der Waals surface area (Å²) in [5.41, 5.74) is 2.65. The third-order valence-electron chi connectivity index (χ3n) is 5.04. The SMILES string of the molecule is CC1Cc2cc(C(C)(C)C(=O)Nc3cc(C4CC4)[nH]n3)ccc2O1. The molecule has 0 bridgehead atoms. The molecule has 2 heterocycles. The molecular weight excluding hydrogens is 302 g/mol. The molecule has 2 N–H and O–H groups in total. The van der Waals surface area contributed by atoms with Gasteiger partial charge in [-0.15, -0.1) is 0 Å². The van der Waals surface area contributed by atoms with Gasteiger partial charge in [0.15, 0.2) is 5.82 Å². The van der Waals surface area contributed by atoms with Crippen molar-refractivity contribution < 1.29 is 9.53 Å². The number of carbonyl (C=O) groups is 1. The van der Waals surface area contributed by atoms with Crippen molar-refractivity contribution in [2.45, 2.75) is 57.5 Å². The van der Waals surface area contributed by atoms with Crippen LogP contribution in [-0.2, 0) is 16.6 Å². The van der Waals surface area contributed by atoms with Crippen molar-refractivity contribution in [1.29, 1.82) is 0 Å². The number of H-pyrrole nitrogens is 1. The molecule has 0 saturated heterocycles. The van der Waals surface area contributed by atoms with Crippen molar-refractivity contribution in [3.05, 3.63) is 41.1 Å². The highest BCUT2D eigenvalue weighted by atomic mass is 16.5. The minimum absolute atomic E-state index is 0.0525. The van der Waals surface area contributed by atoms with Gasteiger partial charge >= 0.3 is 0 Å². The summed E-state index contributed by atoms with van der Waals surface area (Å²) in [6.45, 7) is 5.95. The highest BCUT2D eigenvalue weighted by molar-refractivity contribution is 5.98. The Hall–Kier alpha value is -2.30. The molecule has 2 aromatic rings. The maximum absolute atomic E-state index is 12.8. The Morgan fingerprint density at radius 1 is 1.33 bits per heavy atom. The molecule has 1 aliphatic carbocycles. The molecular formula is C19H23N3O2. The molecule has 1 aromatic carbocycles. The van der Waals surface area contributed by atoms with E-state index in [1.807, 2.05) is 32.0 Å². The zero-order valence-electron chi connectivity index (χ0n) is 14.3. The molecule has 1 unspecified atom stereocenters. The number of aromatic amines is 1. The van der Waals surface area contributed by atoms with Gasteiger partial charge in [-0.05, 0) is 50.8 Å². The Bertz CT molecular complexity index is 790. The zero-order valence-corrected chi connectivity index (χ0v) is 14.3. The highest BCUT2D eigenvalue weighted by Gasteiger charge is 2.33. The summed E-state index contributed by atoms with van der Waals surface area (Å²) >= 11 is 0. The van der Waals surface area contributed by atoms with Crippen LogP contribution in [0.15, 0.2) is 24.3 Å². The molecule has 2 aliphatic rings. The molecule has 1 aliphatic heterocycles. The van der Waals surface area contributed by atoms with Crippen LogP contribution in [0.3, 0.4) is 0 Å². The Labute approximate surface area is 141 Å². The number of fused-ring (bicyclic) bond motifs is 1. The second kappa shape index (κ2) is 5.36. The summed E-state index contributed by atoms with van der Waals surface area (Å²) in [6.07, 6.45) is 3.51. The minimum atomic E-state index is -0.639. The fourth-order valence-corrected chi connectivity index (χ4v) is 3.22. The van der Waals surface area contributed by atoms with Gasteiger partial charge in [0.25, 0.3) is 0 Å².